The number of rotatable bonds is 6. The molecule has 144 valence electrons. The second-order valence-corrected chi connectivity index (χ2v) is 8.82. The van der Waals surface area contributed by atoms with Crippen LogP contribution < -0.4 is 9.73 Å². The van der Waals surface area contributed by atoms with Crippen LogP contribution >= 0.6 is 34.8 Å². The van der Waals surface area contributed by atoms with Crippen LogP contribution in [0.15, 0.2) is 41.5 Å². The predicted octanol–water partition coefficient (Wildman–Crippen LogP) is 3.87. The smallest absolute Gasteiger partial charge is 0.260 e. The molecule has 0 aliphatic carbocycles. The van der Waals surface area contributed by atoms with Gasteiger partial charge in [-0.25, -0.2) is 13.8 Å². The van der Waals surface area contributed by atoms with Gasteiger partial charge in [0.1, 0.15) is 6.54 Å². The standard InChI is InChI=1S/C17H16Cl3N3O3S/c1-11-3-5-13(18)8-16(11)23(27(2,25)26)10-17(24)22-21-9-12-4-6-14(19)15(20)7-12/h3-9H,10H2,1-2H3,(H,22,24)/b21-9-. The summed E-state index contributed by atoms with van der Waals surface area (Å²) in [6.07, 6.45) is 2.38. The van der Waals surface area contributed by atoms with Gasteiger partial charge in [0.15, 0.2) is 0 Å². The minimum absolute atomic E-state index is 0.327. The summed E-state index contributed by atoms with van der Waals surface area (Å²) in [5, 5.41) is 4.93. The second-order valence-electron chi connectivity index (χ2n) is 5.67. The minimum atomic E-state index is -3.71. The van der Waals surface area contributed by atoms with Gasteiger partial charge in [-0.2, -0.15) is 5.10 Å². The van der Waals surface area contributed by atoms with Gasteiger partial charge >= 0.3 is 0 Å². The zero-order valence-corrected chi connectivity index (χ0v) is 17.5. The van der Waals surface area contributed by atoms with E-state index in [1.807, 2.05) is 0 Å². The lowest BCUT2D eigenvalue weighted by molar-refractivity contribution is -0.119. The first-order valence-corrected chi connectivity index (χ1v) is 10.6. The molecule has 0 aliphatic heterocycles. The highest BCUT2D eigenvalue weighted by Gasteiger charge is 2.22. The van der Waals surface area contributed by atoms with Crippen LogP contribution in [0.5, 0.6) is 0 Å². The molecule has 2 aromatic rings. The van der Waals surface area contributed by atoms with Crippen molar-refractivity contribution in [2.24, 2.45) is 5.10 Å². The molecule has 0 radical (unpaired) electrons. The molecule has 0 heterocycles. The summed E-state index contributed by atoms with van der Waals surface area (Å²) < 4.78 is 25.2. The molecule has 27 heavy (non-hydrogen) atoms. The highest BCUT2D eigenvalue weighted by molar-refractivity contribution is 7.92. The van der Waals surface area contributed by atoms with Crippen LogP contribution in [0.2, 0.25) is 15.1 Å². The van der Waals surface area contributed by atoms with Crippen molar-refractivity contribution in [2.45, 2.75) is 6.92 Å². The number of sulfonamides is 1. The maximum absolute atomic E-state index is 12.2. The molecule has 0 atom stereocenters. The lowest BCUT2D eigenvalue weighted by Gasteiger charge is -2.23. The highest BCUT2D eigenvalue weighted by Crippen LogP contribution is 2.26. The van der Waals surface area contributed by atoms with E-state index in [1.54, 1.807) is 37.3 Å². The van der Waals surface area contributed by atoms with E-state index in [0.717, 1.165) is 10.6 Å². The van der Waals surface area contributed by atoms with Crippen molar-refractivity contribution in [3.8, 4) is 0 Å². The van der Waals surface area contributed by atoms with Gasteiger partial charge in [0, 0.05) is 5.02 Å². The largest absolute Gasteiger partial charge is 0.271 e. The number of nitrogens with zero attached hydrogens (tertiary/aromatic N) is 2. The van der Waals surface area contributed by atoms with Crippen molar-refractivity contribution in [1.82, 2.24) is 5.43 Å². The molecule has 6 nitrogen and oxygen atoms in total. The van der Waals surface area contributed by atoms with Crippen LogP contribution in [0.4, 0.5) is 5.69 Å². The Morgan fingerprint density at radius 3 is 2.48 bits per heavy atom. The van der Waals surface area contributed by atoms with Crippen LogP contribution in [0, 0.1) is 6.92 Å². The molecule has 1 amide bonds. The summed E-state index contributed by atoms with van der Waals surface area (Å²) in [4.78, 5) is 12.2. The minimum Gasteiger partial charge on any atom is -0.271 e. The van der Waals surface area contributed by atoms with E-state index < -0.39 is 22.5 Å². The van der Waals surface area contributed by atoms with Crippen LogP contribution in [-0.2, 0) is 14.8 Å². The Labute approximate surface area is 172 Å². The van der Waals surface area contributed by atoms with Gasteiger partial charge in [0.2, 0.25) is 10.0 Å². The van der Waals surface area contributed by atoms with Crippen LogP contribution in [0.3, 0.4) is 0 Å². The maximum Gasteiger partial charge on any atom is 0.260 e. The summed E-state index contributed by atoms with van der Waals surface area (Å²) in [5.74, 6) is -0.615. The van der Waals surface area contributed by atoms with E-state index in [4.69, 9.17) is 34.8 Å². The zero-order chi connectivity index (χ0) is 20.2. The first kappa shape index (κ1) is 21.5. The Morgan fingerprint density at radius 2 is 1.85 bits per heavy atom. The Balaban J connectivity index is 2.13. The Kier molecular flexibility index (Phi) is 7.11. The first-order valence-electron chi connectivity index (χ1n) is 7.59. The number of carbonyl (C=O) groups excluding carboxylic acids is 1. The van der Waals surface area contributed by atoms with Crippen molar-refractivity contribution in [3.63, 3.8) is 0 Å². The van der Waals surface area contributed by atoms with Crippen molar-refractivity contribution in [3.05, 3.63) is 62.6 Å². The monoisotopic (exact) mass is 447 g/mol. The Morgan fingerprint density at radius 1 is 1.15 bits per heavy atom. The quantitative estimate of drug-likeness (QED) is 0.538. The molecule has 0 aromatic heterocycles. The normalized spacial score (nSPS) is 11.6. The van der Waals surface area contributed by atoms with E-state index in [1.165, 1.54) is 12.3 Å². The van der Waals surface area contributed by atoms with E-state index in [9.17, 15) is 13.2 Å². The molecule has 0 saturated carbocycles. The van der Waals surface area contributed by atoms with Gasteiger partial charge in [-0.3, -0.25) is 9.10 Å². The number of aryl methyl sites for hydroxylation is 1. The third-order valence-electron chi connectivity index (χ3n) is 3.47. The first-order chi connectivity index (χ1) is 12.6. The predicted molar refractivity (Wildman–Crippen MR) is 111 cm³/mol. The van der Waals surface area contributed by atoms with Crippen LogP contribution in [0.25, 0.3) is 0 Å². The molecule has 0 unspecified atom stereocenters. The third kappa shape index (κ3) is 6.10. The molecule has 0 saturated heterocycles. The highest BCUT2D eigenvalue weighted by atomic mass is 35.5. The summed E-state index contributed by atoms with van der Waals surface area (Å²) in [5.41, 5.74) is 3.90. The fourth-order valence-electron chi connectivity index (χ4n) is 2.17. The maximum atomic E-state index is 12.2. The van der Waals surface area contributed by atoms with Crippen LogP contribution in [0.1, 0.15) is 11.1 Å². The number of halogens is 3. The van der Waals surface area contributed by atoms with Gasteiger partial charge in [-0.1, -0.05) is 46.9 Å². The lowest BCUT2D eigenvalue weighted by Crippen LogP contribution is -2.39. The summed E-state index contributed by atoms with van der Waals surface area (Å²) in [7, 11) is -3.71. The summed E-state index contributed by atoms with van der Waals surface area (Å²) in [6.45, 7) is 1.28. The fraction of sp³-hybridized carbons (Fsp3) is 0.176. The fourth-order valence-corrected chi connectivity index (χ4v) is 3.55. The number of nitrogens with one attached hydrogen (secondary N) is 1. The average molecular weight is 449 g/mol. The number of hydrogen-bond acceptors (Lipinski definition) is 4. The number of anilines is 1. The number of carbonyl (C=O) groups is 1. The van der Waals surface area contributed by atoms with Gasteiger partial charge in [0.05, 0.1) is 28.2 Å². The van der Waals surface area contributed by atoms with E-state index in [0.29, 0.717) is 31.9 Å². The molecule has 2 aromatic carbocycles. The molecule has 10 heteroatoms. The SMILES string of the molecule is Cc1ccc(Cl)cc1N(CC(=O)N/N=C\c1ccc(Cl)c(Cl)c1)S(C)(=O)=O. The second kappa shape index (κ2) is 8.93. The van der Waals surface area contributed by atoms with Crippen LogP contribution in [-0.4, -0.2) is 33.3 Å². The van der Waals surface area contributed by atoms with Gasteiger partial charge in [-0.05, 0) is 42.3 Å². The Bertz CT molecular complexity index is 994. The number of hydrogen-bond donors (Lipinski definition) is 1. The molecular weight excluding hydrogens is 433 g/mol. The molecule has 1 N–H and O–H groups in total. The van der Waals surface area contributed by atoms with Crippen molar-refractivity contribution in [1.29, 1.82) is 0 Å². The third-order valence-corrected chi connectivity index (χ3v) is 5.57. The van der Waals surface area contributed by atoms with Gasteiger partial charge in [0.25, 0.3) is 5.91 Å². The van der Waals surface area contributed by atoms with E-state index >= 15 is 0 Å². The summed E-state index contributed by atoms with van der Waals surface area (Å²) >= 11 is 17.7. The average Bonchev–Trinajstić information content (AvgIpc) is 2.57. The lowest BCUT2D eigenvalue weighted by atomic mass is 10.2. The van der Waals surface area contributed by atoms with Crippen molar-refractivity contribution >= 4 is 62.6 Å². The van der Waals surface area contributed by atoms with Gasteiger partial charge in [-0.15, -0.1) is 0 Å². The van der Waals surface area contributed by atoms with Gasteiger partial charge < -0.3 is 0 Å². The molecule has 0 spiro atoms. The molecular formula is C17H16Cl3N3O3S. The molecule has 0 aliphatic rings. The summed E-state index contributed by atoms with van der Waals surface area (Å²) in [6, 6.07) is 9.66. The van der Waals surface area contributed by atoms with E-state index in [2.05, 4.69) is 10.5 Å². The Hall–Kier alpha value is -1.80. The topological polar surface area (TPSA) is 78.8 Å². The molecule has 2 rings (SSSR count). The van der Waals surface area contributed by atoms with E-state index in [-0.39, 0.29) is 0 Å². The van der Waals surface area contributed by atoms with Crippen molar-refractivity contribution in [2.75, 3.05) is 17.1 Å². The molecule has 0 bridgehead atoms. The number of amides is 1. The van der Waals surface area contributed by atoms with Crippen molar-refractivity contribution < 1.29 is 13.2 Å². The number of hydrazone groups is 1. The molecule has 0 fully saturated rings. The zero-order valence-electron chi connectivity index (χ0n) is 14.4. The number of benzene rings is 2.